The van der Waals surface area contributed by atoms with Gasteiger partial charge in [-0.2, -0.15) is 0 Å². The zero-order valence-corrected chi connectivity index (χ0v) is 14.6. The molecule has 116 valence electrons. The van der Waals surface area contributed by atoms with Crippen LogP contribution in [0.15, 0.2) is 22.5 Å². The average Bonchev–Trinajstić information content (AvgIpc) is 3.18. The van der Waals surface area contributed by atoms with Gasteiger partial charge in [-0.05, 0) is 37.8 Å². The Morgan fingerprint density at radius 2 is 2.14 bits per heavy atom. The summed E-state index contributed by atoms with van der Waals surface area (Å²) in [5, 5.41) is 9.17. The van der Waals surface area contributed by atoms with Crippen molar-refractivity contribution >= 4 is 34.1 Å². The van der Waals surface area contributed by atoms with Crippen LogP contribution >= 0.6 is 23.1 Å². The molecule has 1 fully saturated rings. The fraction of sp³-hybridized carbons (Fsp3) is 0.438. The van der Waals surface area contributed by atoms with E-state index in [9.17, 15) is 4.79 Å². The molecular formula is C16H19N3OS2. The first-order valence-electron chi connectivity index (χ1n) is 7.37. The summed E-state index contributed by atoms with van der Waals surface area (Å²) < 4.78 is 0.919. The molecule has 1 aromatic heterocycles. The standard InChI is InChI=1S/C16H19N3OS2/c1-10-4-5-11(2)13(8-10)9-21-16-18-17-15(22-16)19(12(3)20)14-6-7-14/h4-5,8,14H,6-7,9H2,1-3H3. The Hall–Kier alpha value is -1.40. The van der Waals surface area contributed by atoms with Crippen LogP contribution in [0.4, 0.5) is 5.13 Å². The molecule has 3 rings (SSSR count). The fourth-order valence-corrected chi connectivity index (χ4v) is 4.35. The lowest BCUT2D eigenvalue weighted by Crippen LogP contribution is -2.30. The summed E-state index contributed by atoms with van der Waals surface area (Å²) in [6.45, 7) is 5.84. The summed E-state index contributed by atoms with van der Waals surface area (Å²) >= 11 is 3.20. The van der Waals surface area contributed by atoms with E-state index >= 15 is 0 Å². The van der Waals surface area contributed by atoms with Gasteiger partial charge in [0.05, 0.1) is 0 Å². The normalized spacial score (nSPS) is 14.1. The highest BCUT2D eigenvalue weighted by molar-refractivity contribution is 8.00. The molecule has 0 spiro atoms. The van der Waals surface area contributed by atoms with Gasteiger partial charge in [-0.1, -0.05) is 46.9 Å². The highest BCUT2D eigenvalue weighted by atomic mass is 32.2. The van der Waals surface area contributed by atoms with Gasteiger partial charge in [-0.3, -0.25) is 9.69 Å². The number of aromatic nitrogens is 2. The lowest BCUT2D eigenvalue weighted by molar-refractivity contribution is -0.116. The highest BCUT2D eigenvalue weighted by Crippen LogP contribution is 2.36. The van der Waals surface area contributed by atoms with E-state index in [1.165, 1.54) is 28.0 Å². The maximum absolute atomic E-state index is 11.8. The van der Waals surface area contributed by atoms with Crippen molar-refractivity contribution in [1.29, 1.82) is 0 Å². The molecule has 0 bridgehead atoms. The number of anilines is 1. The summed E-state index contributed by atoms with van der Waals surface area (Å²) in [5.74, 6) is 0.941. The molecule has 4 nitrogen and oxygen atoms in total. The largest absolute Gasteiger partial charge is 0.284 e. The molecule has 6 heteroatoms. The third-order valence-corrected chi connectivity index (χ3v) is 5.81. The molecule has 0 aliphatic heterocycles. The Labute approximate surface area is 138 Å². The maximum atomic E-state index is 11.8. The third kappa shape index (κ3) is 3.50. The lowest BCUT2D eigenvalue weighted by atomic mass is 10.1. The number of hydrogen-bond acceptors (Lipinski definition) is 5. The maximum Gasteiger partial charge on any atom is 0.225 e. The number of aryl methyl sites for hydroxylation is 2. The SMILES string of the molecule is CC(=O)N(c1nnc(SCc2cc(C)ccc2C)s1)C1CC1. The molecule has 1 aromatic carbocycles. The van der Waals surface area contributed by atoms with E-state index < -0.39 is 0 Å². The monoisotopic (exact) mass is 333 g/mol. The van der Waals surface area contributed by atoms with Crippen molar-refractivity contribution in [1.82, 2.24) is 10.2 Å². The van der Waals surface area contributed by atoms with Gasteiger partial charge in [0.25, 0.3) is 0 Å². The molecule has 0 atom stereocenters. The Morgan fingerprint density at radius 3 is 2.82 bits per heavy atom. The van der Waals surface area contributed by atoms with Crippen LogP contribution in [0.5, 0.6) is 0 Å². The summed E-state index contributed by atoms with van der Waals surface area (Å²) in [4.78, 5) is 13.5. The number of amides is 1. The second-order valence-electron chi connectivity index (χ2n) is 5.69. The smallest absolute Gasteiger partial charge is 0.225 e. The highest BCUT2D eigenvalue weighted by Gasteiger charge is 2.34. The van der Waals surface area contributed by atoms with Gasteiger partial charge < -0.3 is 0 Å². The van der Waals surface area contributed by atoms with E-state index in [1.807, 2.05) is 0 Å². The molecule has 1 aliphatic carbocycles. The number of thioether (sulfide) groups is 1. The second kappa shape index (κ2) is 6.38. The molecule has 2 aromatic rings. The molecular weight excluding hydrogens is 314 g/mol. The minimum Gasteiger partial charge on any atom is -0.284 e. The molecule has 0 N–H and O–H groups in total. The van der Waals surface area contributed by atoms with Gasteiger partial charge in [-0.15, -0.1) is 10.2 Å². The number of hydrogen-bond donors (Lipinski definition) is 0. The van der Waals surface area contributed by atoms with Crippen molar-refractivity contribution < 1.29 is 4.79 Å². The minimum absolute atomic E-state index is 0.0599. The molecule has 22 heavy (non-hydrogen) atoms. The first kappa shape index (κ1) is 15.5. The third-order valence-electron chi connectivity index (χ3n) is 3.71. The molecule has 1 heterocycles. The van der Waals surface area contributed by atoms with Crippen molar-refractivity contribution in [3.05, 3.63) is 34.9 Å². The van der Waals surface area contributed by atoms with Crippen LogP contribution in [0.3, 0.4) is 0 Å². The number of benzene rings is 1. The van der Waals surface area contributed by atoms with E-state index in [-0.39, 0.29) is 5.91 Å². The summed E-state index contributed by atoms with van der Waals surface area (Å²) in [7, 11) is 0. The zero-order chi connectivity index (χ0) is 15.7. The van der Waals surface area contributed by atoms with Crippen LogP contribution in [0, 0.1) is 13.8 Å². The topological polar surface area (TPSA) is 46.1 Å². The number of nitrogens with zero attached hydrogens (tertiary/aromatic N) is 3. The summed E-state index contributed by atoms with van der Waals surface area (Å²) in [6, 6.07) is 6.84. The van der Waals surface area contributed by atoms with Crippen molar-refractivity contribution in [3.63, 3.8) is 0 Å². The minimum atomic E-state index is 0.0599. The molecule has 0 unspecified atom stereocenters. The second-order valence-corrected chi connectivity index (χ2v) is 7.87. The average molecular weight is 333 g/mol. The Bertz CT molecular complexity index is 694. The van der Waals surface area contributed by atoms with Crippen LogP contribution in [0.25, 0.3) is 0 Å². The van der Waals surface area contributed by atoms with E-state index in [2.05, 4.69) is 42.2 Å². The van der Waals surface area contributed by atoms with E-state index in [0.29, 0.717) is 6.04 Å². The Morgan fingerprint density at radius 1 is 1.36 bits per heavy atom. The van der Waals surface area contributed by atoms with Gasteiger partial charge in [-0.25, -0.2) is 0 Å². The van der Waals surface area contributed by atoms with Crippen molar-refractivity contribution in [2.24, 2.45) is 0 Å². The quantitative estimate of drug-likeness (QED) is 0.614. The Kier molecular flexibility index (Phi) is 4.49. The first-order valence-corrected chi connectivity index (χ1v) is 9.17. The van der Waals surface area contributed by atoms with Crippen LogP contribution in [0.1, 0.15) is 36.5 Å². The number of rotatable bonds is 5. The van der Waals surface area contributed by atoms with Gasteiger partial charge in [0, 0.05) is 18.7 Å². The lowest BCUT2D eigenvalue weighted by Gasteiger charge is -2.15. The zero-order valence-electron chi connectivity index (χ0n) is 13.0. The molecule has 0 saturated heterocycles. The number of carbonyl (C=O) groups is 1. The van der Waals surface area contributed by atoms with Crippen molar-refractivity contribution in [3.8, 4) is 0 Å². The van der Waals surface area contributed by atoms with E-state index in [0.717, 1.165) is 28.1 Å². The van der Waals surface area contributed by atoms with Gasteiger partial charge in [0.15, 0.2) is 4.34 Å². The molecule has 1 amide bonds. The van der Waals surface area contributed by atoms with Gasteiger partial charge in [0.1, 0.15) is 0 Å². The van der Waals surface area contributed by atoms with Crippen LogP contribution in [-0.2, 0) is 10.5 Å². The van der Waals surface area contributed by atoms with Gasteiger partial charge >= 0.3 is 0 Å². The van der Waals surface area contributed by atoms with Crippen LogP contribution < -0.4 is 4.90 Å². The van der Waals surface area contributed by atoms with Crippen molar-refractivity contribution in [2.75, 3.05) is 4.90 Å². The van der Waals surface area contributed by atoms with Crippen LogP contribution in [-0.4, -0.2) is 22.1 Å². The predicted molar refractivity (Wildman–Crippen MR) is 91.6 cm³/mol. The van der Waals surface area contributed by atoms with Crippen molar-refractivity contribution in [2.45, 2.75) is 49.7 Å². The van der Waals surface area contributed by atoms with Gasteiger partial charge in [0.2, 0.25) is 11.0 Å². The fourth-order valence-electron chi connectivity index (χ4n) is 2.33. The predicted octanol–water partition coefficient (Wildman–Crippen LogP) is 3.96. The molecule has 1 saturated carbocycles. The van der Waals surface area contributed by atoms with E-state index in [4.69, 9.17) is 0 Å². The van der Waals surface area contributed by atoms with Crippen LogP contribution in [0.2, 0.25) is 0 Å². The molecule has 1 aliphatic rings. The van der Waals surface area contributed by atoms with E-state index in [1.54, 1.807) is 23.6 Å². The molecule has 0 radical (unpaired) electrons. The number of carbonyl (C=O) groups excluding carboxylic acids is 1. The Balaban J connectivity index is 1.69. The summed E-state index contributed by atoms with van der Waals surface area (Å²) in [5.41, 5.74) is 3.90. The first-order chi connectivity index (χ1) is 10.5. The summed E-state index contributed by atoms with van der Waals surface area (Å²) in [6.07, 6.45) is 2.15.